The molecule has 1 atom stereocenters. The van der Waals surface area contributed by atoms with Crippen LogP contribution >= 0.6 is 0 Å². The highest BCUT2D eigenvalue weighted by molar-refractivity contribution is 5.69. The molecule has 3 rings (SSSR count). The van der Waals surface area contributed by atoms with E-state index in [2.05, 4.69) is 5.10 Å². The average molecular weight is 352 g/mol. The van der Waals surface area contributed by atoms with Crippen molar-refractivity contribution in [3.8, 4) is 11.4 Å². The number of carboxylic acid groups (broad SMARTS) is 1. The van der Waals surface area contributed by atoms with Gasteiger partial charge in [-0.15, -0.1) is 0 Å². The van der Waals surface area contributed by atoms with Crippen molar-refractivity contribution in [1.82, 2.24) is 9.78 Å². The molecular formula is C20H20N2O4. The van der Waals surface area contributed by atoms with Crippen LogP contribution in [0.25, 0.3) is 5.69 Å². The molecule has 134 valence electrons. The number of aromatic amines is 1. The third kappa shape index (κ3) is 3.39. The zero-order valence-electron chi connectivity index (χ0n) is 14.6. The number of aliphatic carboxylic acids is 1. The number of hydrogen-bond donors (Lipinski definition) is 2. The molecule has 0 spiro atoms. The van der Waals surface area contributed by atoms with Gasteiger partial charge in [-0.05, 0) is 36.8 Å². The first-order valence-electron chi connectivity index (χ1n) is 8.24. The van der Waals surface area contributed by atoms with Crippen LogP contribution in [-0.2, 0) is 4.79 Å². The Kier molecular flexibility index (Phi) is 4.93. The fourth-order valence-electron chi connectivity index (χ4n) is 3.17. The van der Waals surface area contributed by atoms with Gasteiger partial charge in [-0.3, -0.25) is 19.4 Å². The number of hydrogen-bond acceptors (Lipinski definition) is 3. The quantitative estimate of drug-likeness (QED) is 0.714. The third-order valence-electron chi connectivity index (χ3n) is 4.44. The second-order valence-electron chi connectivity index (χ2n) is 6.03. The summed E-state index contributed by atoms with van der Waals surface area (Å²) in [5, 5.41) is 12.2. The van der Waals surface area contributed by atoms with Gasteiger partial charge in [0.2, 0.25) is 0 Å². The Balaban J connectivity index is 2.11. The summed E-state index contributed by atoms with van der Waals surface area (Å²) in [4.78, 5) is 24.1. The van der Waals surface area contributed by atoms with Crippen LogP contribution in [0.4, 0.5) is 0 Å². The van der Waals surface area contributed by atoms with Gasteiger partial charge in [0, 0.05) is 17.2 Å². The standard InChI is InChI=1S/C20H20N2O4/c1-13-19(20(25)21-22(13)15-6-4-3-5-7-15)17(12-18(23)24)14-8-10-16(26-2)11-9-14/h3-11,17H,12H2,1-2H3,(H,21,25)(H,23,24). The first-order chi connectivity index (χ1) is 12.5. The summed E-state index contributed by atoms with van der Waals surface area (Å²) in [5.74, 6) is -0.834. The number of para-hydroxylation sites is 1. The van der Waals surface area contributed by atoms with Crippen LogP contribution in [0.15, 0.2) is 59.4 Å². The van der Waals surface area contributed by atoms with E-state index in [1.165, 1.54) is 0 Å². The van der Waals surface area contributed by atoms with Crippen LogP contribution in [-0.4, -0.2) is 28.0 Å². The van der Waals surface area contributed by atoms with Crippen molar-refractivity contribution in [2.45, 2.75) is 19.3 Å². The molecule has 0 saturated carbocycles. The van der Waals surface area contributed by atoms with Crippen molar-refractivity contribution < 1.29 is 14.6 Å². The van der Waals surface area contributed by atoms with Crippen LogP contribution in [0.3, 0.4) is 0 Å². The Morgan fingerprint density at radius 1 is 1.15 bits per heavy atom. The van der Waals surface area contributed by atoms with Gasteiger partial charge >= 0.3 is 5.97 Å². The minimum Gasteiger partial charge on any atom is -0.497 e. The van der Waals surface area contributed by atoms with Gasteiger partial charge < -0.3 is 9.84 Å². The molecule has 1 aromatic heterocycles. The zero-order chi connectivity index (χ0) is 18.7. The maximum atomic E-state index is 12.7. The number of rotatable bonds is 6. The Morgan fingerprint density at radius 3 is 2.38 bits per heavy atom. The lowest BCUT2D eigenvalue weighted by molar-refractivity contribution is -0.137. The largest absolute Gasteiger partial charge is 0.497 e. The molecule has 0 amide bonds. The second-order valence-corrected chi connectivity index (χ2v) is 6.03. The number of carboxylic acids is 1. The maximum absolute atomic E-state index is 12.7. The number of benzene rings is 2. The van der Waals surface area contributed by atoms with E-state index in [4.69, 9.17) is 4.74 Å². The van der Waals surface area contributed by atoms with Crippen LogP contribution in [0.5, 0.6) is 5.75 Å². The highest BCUT2D eigenvalue weighted by Crippen LogP contribution is 2.30. The summed E-state index contributed by atoms with van der Waals surface area (Å²) in [6, 6.07) is 16.5. The van der Waals surface area contributed by atoms with Gasteiger partial charge in [0.05, 0.1) is 19.2 Å². The van der Waals surface area contributed by atoms with Crippen molar-refractivity contribution in [2.75, 3.05) is 7.11 Å². The molecule has 26 heavy (non-hydrogen) atoms. The molecule has 0 radical (unpaired) electrons. The number of aromatic nitrogens is 2. The second kappa shape index (κ2) is 7.31. The SMILES string of the molecule is COc1ccc(C(CC(=O)O)c2c(C)n(-c3ccccc3)[nH]c2=O)cc1. The lowest BCUT2D eigenvalue weighted by Crippen LogP contribution is -2.16. The molecule has 0 aliphatic carbocycles. The van der Waals surface area contributed by atoms with Crippen molar-refractivity contribution in [2.24, 2.45) is 0 Å². The first kappa shape index (κ1) is 17.5. The molecule has 2 N–H and O–H groups in total. The maximum Gasteiger partial charge on any atom is 0.304 e. The summed E-state index contributed by atoms with van der Waals surface area (Å²) in [7, 11) is 1.57. The number of carbonyl (C=O) groups is 1. The molecular weight excluding hydrogens is 332 g/mol. The van der Waals surface area contributed by atoms with Crippen molar-refractivity contribution >= 4 is 5.97 Å². The van der Waals surface area contributed by atoms with E-state index < -0.39 is 11.9 Å². The number of nitrogens with one attached hydrogen (secondary N) is 1. The Bertz CT molecular complexity index is 956. The average Bonchev–Trinajstić information content (AvgIpc) is 2.95. The van der Waals surface area contributed by atoms with Gasteiger partial charge in [-0.2, -0.15) is 0 Å². The van der Waals surface area contributed by atoms with Crippen molar-refractivity contribution in [1.29, 1.82) is 0 Å². The van der Waals surface area contributed by atoms with E-state index in [0.717, 1.165) is 11.3 Å². The Labute approximate surface area is 150 Å². The molecule has 0 aliphatic rings. The molecule has 0 fully saturated rings. The summed E-state index contributed by atoms with van der Waals surface area (Å²) in [5.41, 5.74) is 2.45. The monoisotopic (exact) mass is 352 g/mol. The third-order valence-corrected chi connectivity index (χ3v) is 4.44. The summed E-state index contributed by atoms with van der Waals surface area (Å²) in [6.45, 7) is 1.82. The lowest BCUT2D eigenvalue weighted by atomic mass is 9.88. The molecule has 6 nitrogen and oxygen atoms in total. The fraction of sp³-hybridized carbons (Fsp3) is 0.200. The van der Waals surface area contributed by atoms with E-state index >= 15 is 0 Å². The van der Waals surface area contributed by atoms with Crippen LogP contribution in [0.2, 0.25) is 0 Å². The summed E-state index contributed by atoms with van der Waals surface area (Å²) in [6.07, 6.45) is -0.172. The minimum absolute atomic E-state index is 0.172. The summed E-state index contributed by atoms with van der Waals surface area (Å²) < 4.78 is 6.85. The number of ether oxygens (including phenoxy) is 1. The smallest absolute Gasteiger partial charge is 0.304 e. The predicted octanol–water partition coefficient (Wildman–Crippen LogP) is 3.09. The number of nitrogens with zero attached hydrogens (tertiary/aromatic N) is 1. The molecule has 0 aliphatic heterocycles. The van der Waals surface area contributed by atoms with Gasteiger partial charge in [0.25, 0.3) is 5.56 Å². The van der Waals surface area contributed by atoms with Crippen molar-refractivity contribution in [3.05, 3.63) is 81.8 Å². The Hall–Kier alpha value is -3.28. The van der Waals surface area contributed by atoms with E-state index in [0.29, 0.717) is 17.0 Å². The van der Waals surface area contributed by atoms with E-state index in [1.54, 1.807) is 36.1 Å². The van der Waals surface area contributed by atoms with E-state index in [9.17, 15) is 14.7 Å². The van der Waals surface area contributed by atoms with Crippen molar-refractivity contribution in [3.63, 3.8) is 0 Å². The highest BCUT2D eigenvalue weighted by Gasteiger charge is 2.25. The van der Waals surface area contributed by atoms with Crippen LogP contribution in [0.1, 0.15) is 29.2 Å². The normalized spacial score (nSPS) is 11.9. The molecule has 0 bridgehead atoms. The fourth-order valence-corrected chi connectivity index (χ4v) is 3.17. The van der Waals surface area contributed by atoms with Gasteiger partial charge in [-0.1, -0.05) is 30.3 Å². The molecule has 1 unspecified atom stereocenters. The van der Waals surface area contributed by atoms with Crippen LogP contribution in [0, 0.1) is 6.92 Å². The predicted molar refractivity (Wildman–Crippen MR) is 98.2 cm³/mol. The van der Waals surface area contributed by atoms with E-state index in [1.807, 2.05) is 37.3 Å². The topological polar surface area (TPSA) is 84.3 Å². The van der Waals surface area contributed by atoms with Gasteiger partial charge in [-0.25, -0.2) is 0 Å². The summed E-state index contributed by atoms with van der Waals surface area (Å²) >= 11 is 0. The van der Waals surface area contributed by atoms with Crippen LogP contribution < -0.4 is 10.3 Å². The molecule has 0 saturated heterocycles. The van der Waals surface area contributed by atoms with Gasteiger partial charge in [0.15, 0.2) is 0 Å². The number of methoxy groups -OCH3 is 1. The molecule has 2 aromatic carbocycles. The Morgan fingerprint density at radius 2 is 1.81 bits per heavy atom. The highest BCUT2D eigenvalue weighted by atomic mass is 16.5. The molecule has 6 heteroatoms. The van der Waals surface area contributed by atoms with E-state index in [-0.39, 0.29) is 12.0 Å². The molecule has 3 aromatic rings. The molecule has 1 heterocycles. The lowest BCUT2D eigenvalue weighted by Gasteiger charge is -2.15. The zero-order valence-corrected chi connectivity index (χ0v) is 14.6. The minimum atomic E-state index is -0.961. The van der Waals surface area contributed by atoms with Gasteiger partial charge in [0.1, 0.15) is 5.75 Å². The first-order valence-corrected chi connectivity index (χ1v) is 8.24. The number of H-pyrrole nitrogens is 1.